The highest BCUT2D eigenvalue weighted by molar-refractivity contribution is 7.16. The largest absolute Gasteiger partial charge is 0.443 e. The molecule has 0 aromatic carbocycles. The Labute approximate surface area is 118 Å². The zero-order chi connectivity index (χ0) is 13.7. The lowest BCUT2D eigenvalue weighted by Gasteiger charge is -2.02. The van der Waals surface area contributed by atoms with E-state index in [4.69, 9.17) is 4.42 Å². The van der Waals surface area contributed by atoms with E-state index in [1.54, 1.807) is 17.1 Å². The first-order valence-corrected chi connectivity index (χ1v) is 7.48. The van der Waals surface area contributed by atoms with Crippen molar-refractivity contribution in [2.75, 3.05) is 0 Å². The fourth-order valence-corrected chi connectivity index (χ4v) is 3.20. The van der Waals surface area contributed by atoms with Crippen LogP contribution in [0.1, 0.15) is 36.0 Å². The Bertz CT molecular complexity index is 842. The molecule has 0 aliphatic heterocycles. The average Bonchev–Trinajstić information content (AvgIpc) is 3.07. The molecule has 0 bridgehead atoms. The van der Waals surface area contributed by atoms with Gasteiger partial charge in [-0.05, 0) is 30.7 Å². The molecule has 3 aromatic heterocycles. The van der Waals surface area contributed by atoms with Gasteiger partial charge in [0.25, 0.3) is 5.56 Å². The monoisotopic (exact) mass is 287 g/mol. The zero-order valence-corrected chi connectivity index (χ0v) is 11.8. The predicted octanol–water partition coefficient (Wildman–Crippen LogP) is 2.68. The molecule has 1 saturated carbocycles. The van der Waals surface area contributed by atoms with Gasteiger partial charge in [0.05, 0.1) is 17.9 Å². The number of nitrogens with zero attached hydrogens (tertiary/aromatic N) is 3. The van der Waals surface area contributed by atoms with Crippen molar-refractivity contribution >= 4 is 21.6 Å². The highest BCUT2D eigenvalue weighted by Crippen LogP contribution is 2.40. The normalized spacial score (nSPS) is 15.1. The molecule has 0 radical (unpaired) electrons. The summed E-state index contributed by atoms with van der Waals surface area (Å²) in [5.74, 6) is 2.05. The number of thiophene rings is 1. The number of hydrogen-bond donors (Lipinski definition) is 0. The summed E-state index contributed by atoms with van der Waals surface area (Å²) < 4.78 is 7.25. The molecular weight excluding hydrogens is 274 g/mol. The van der Waals surface area contributed by atoms with E-state index in [1.165, 1.54) is 24.2 Å². The van der Waals surface area contributed by atoms with Crippen molar-refractivity contribution in [3.8, 4) is 0 Å². The lowest BCUT2D eigenvalue weighted by Crippen LogP contribution is -2.21. The molecule has 6 heteroatoms. The molecular formula is C14H13N3O2S. The van der Waals surface area contributed by atoms with Crippen LogP contribution in [0.5, 0.6) is 0 Å². The summed E-state index contributed by atoms with van der Waals surface area (Å²) in [5.41, 5.74) is 0.947. The number of aromatic nitrogens is 3. The Balaban J connectivity index is 1.72. The van der Waals surface area contributed by atoms with Gasteiger partial charge in [0.1, 0.15) is 17.1 Å². The van der Waals surface area contributed by atoms with E-state index >= 15 is 0 Å². The van der Waals surface area contributed by atoms with E-state index < -0.39 is 0 Å². The van der Waals surface area contributed by atoms with Gasteiger partial charge in [-0.25, -0.2) is 9.97 Å². The summed E-state index contributed by atoms with van der Waals surface area (Å²) in [5, 5.41) is 2.66. The van der Waals surface area contributed by atoms with Crippen LogP contribution in [0, 0.1) is 6.92 Å². The Morgan fingerprint density at radius 3 is 3.10 bits per heavy atom. The molecule has 0 saturated heterocycles. The fraction of sp³-hybridized carbons (Fsp3) is 0.357. The summed E-state index contributed by atoms with van der Waals surface area (Å²) in [6.07, 6.45) is 5.70. The van der Waals surface area contributed by atoms with Crippen LogP contribution < -0.4 is 5.56 Å². The van der Waals surface area contributed by atoms with Crippen molar-refractivity contribution in [1.82, 2.24) is 14.5 Å². The lowest BCUT2D eigenvalue weighted by molar-refractivity contribution is 0.440. The van der Waals surface area contributed by atoms with E-state index in [0.717, 1.165) is 16.2 Å². The maximum atomic E-state index is 12.4. The SMILES string of the molecule is Cc1csc2ncn(Cc3ncc(C4CC4)o3)c(=O)c12. The van der Waals surface area contributed by atoms with E-state index in [0.29, 0.717) is 23.7 Å². The molecule has 1 aliphatic rings. The third-order valence-corrected chi connectivity index (χ3v) is 4.61. The molecule has 0 unspecified atom stereocenters. The molecule has 0 N–H and O–H groups in total. The molecule has 3 aromatic rings. The smallest absolute Gasteiger partial charge is 0.262 e. The Hall–Kier alpha value is -1.95. The van der Waals surface area contributed by atoms with Crippen LogP contribution in [0.4, 0.5) is 0 Å². The van der Waals surface area contributed by atoms with Gasteiger partial charge in [0, 0.05) is 5.92 Å². The van der Waals surface area contributed by atoms with Crippen molar-refractivity contribution in [3.05, 3.63) is 45.5 Å². The first-order valence-electron chi connectivity index (χ1n) is 6.60. The van der Waals surface area contributed by atoms with Crippen molar-refractivity contribution in [3.63, 3.8) is 0 Å². The second kappa shape index (κ2) is 4.28. The van der Waals surface area contributed by atoms with Crippen molar-refractivity contribution in [2.45, 2.75) is 32.2 Å². The van der Waals surface area contributed by atoms with Gasteiger partial charge in [-0.15, -0.1) is 11.3 Å². The van der Waals surface area contributed by atoms with Crippen LogP contribution in [0.2, 0.25) is 0 Å². The van der Waals surface area contributed by atoms with Crippen LogP contribution in [0.25, 0.3) is 10.2 Å². The topological polar surface area (TPSA) is 60.9 Å². The van der Waals surface area contributed by atoms with E-state index in [-0.39, 0.29) is 5.56 Å². The molecule has 102 valence electrons. The maximum Gasteiger partial charge on any atom is 0.262 e. The first-order chi connectivity index (χ1) is 9.72. The molecule has 5 nitrogen and oxygen atoms in total. The van der Waals surface area contributed by atoms with E-state index in [9.17, 15) is 4.79 Å². The molecule has 0 spiro atoms. The van der Waals surface area contributed by atoms with Gasteiger partial charge in [-0.2, -0.15) is 0 Å². The number of oxazole rings is 1. The lowest BCUT2D eigenvalue weighted by atomic mass is 10.3. The minimum absolute atomic E-state index is 0.0279. The third-order valence-electron chi connectivity index (χ3n) is 3.60. The highest BCUT2D eigenvalue weighted by Gasteiger charge is 2.27. The molecule has 1 aliphatic carbocycles. The first kappa shape index (κ1) is 11.8. The summed E-state index contributed by atoms with van der Waals surface area (Å²) in [7, 11) is 0. The van der Waals surface area contributed by atoms with Crippen molar-refractivity contribution in [1.29, 1.82) is 0 Å². The van der Waals surface area contributed by atoms with Crippen molar-refractivity contribution < 1.29 is 4.42 Å². The number of aryl methyl sites for hydroxylation is 1. The minimum Gasteiger partial charge on any atom is -0.443 e. The second-order valence-electron chi connectivity index (χ2n) is 5.21. The molecule has 0 amide bonds. The number of hydrogen-bond acceptors (Lipinski definition) is 5. The fourth-order valence-electron chi connectivity index (χ4n) is 2.32. The van der Waals surface area contributed by atoms with Crippen LogP contribution in [-0.4, -0.2) is 14.5 Å². The van der Waals surface area contributed by atoms with Gasteiger partial charge in [-0.1, -0.05) is 0 Å². The molecule has 0 atom stereocenters. The zero-order valence-electron chi connectivity index (χ0n) is 11.0. The summed E-state index contributed by atoms with van der Waals surface area (Å²) in [6.45, 7) is 2.27. The Morgan fingerprint density at radius 2 is 2.30 bits per heavy atom. The maximum absolute atomic E-state index is 12.4. The van der Waals surface area contributed by atoms with Crippen LogP contribution >= 0.6 is 11.3 Å². The third kappa shape index (κ3) is 1.87. The molecule has 3 heterocycles. The highest BCUT2D eigenvalue weighted by atomic mass is 32.1. The Kier molecular flexibility index (Phi) is 2.53. The van der Waals surface area contributed by atoms with Gasteiger partial charge in [-0.3, -0.25) is 9.36 Å². The van der Waals surface area contributed by atoms with Crippen LogP contribution in [0.15, 0.2) is 27.1 Å². The predicted molar refractivity (Wildman–Crippen MR) is 76.2 cm³/mol. The second-order valence-corrected chi connectivity index (χ2v) is 6.07. The average molecular weight is 287 g/mol. The summed E-state index contributed by atoms with van der Waals surface area (Å²) in [6, 6.07) is 0. The minimum atomic E-state index is -0.0279. The number of rotatable bonds is 3. The van der Waals surface area contributed by atoms with Gasteiger partial charge in [0.15, 0.2) is 0 Å². The quantitative estimate of drug-likeness (QED) is 0.743. The number of fused-ring (bicyclic) bond motifs is 1. The molecule has 1 fully saturated rings. The van der Waals surface area contributed by atoms with Crippen LogP contribution in [0.3, 0.4) is 0 Å². The van der Waals surface area contributed by atoms with Gasteiger partial charge in [0.2, 0.25) is 5.89 Å². The van der Waals surface area contributed by atoms with E-state index in [2.05, 4.69) is 9.97 Å². The Morgan fingerprint density at radius 1 is 1.45 bits per heavy atom. The molecule has 4 rings (SSSR count). The summed E-state index contributed by atoms with van der Waals surface area (Å²) >= 11 is 1.50. The van der Waals surface area contributed by atoms with Crippen LogP contribution in [-0.2, 0) is 6.54 Å². The van der Waals surface area contributed by atoms with Gasteiger partial charge >= 0.3 is 0 Å². The summed E-state index contributed by atoms with van der Waals surface area (Å²) in [4.78, 5) is 21.8. The molecule has 20 heavy (non-hydrogen) atoms. The van der Waals surface area contributed by atoms with E-state index in [1.807, 2.05) is 12.3 Å². The standard InChI is InChI=1S/C14H13N3O2S/c1-8-6-20-13-12(8)14(18)17(7-16-13)5-11-15-4-10(19-11)9-2-3-9/h4,6-7,9H,2-3,5H2,1H3. The van der Waals surface area contributed by atoms with Crippen molar-refractivity contribution in [2.24, 2.45) is 0 Å². The van der Waals surface area contributed by atoms with Gasteiger partial charge < -0.3 is 4.42 Å².